The van der Waals surface area contributed by atoms with E-state index in [0.717, 1.165) is 18.4 Å². The Labute approximate surface area is 171 Å². The second kappa shape index (κ2) is 8.96. The molecular weight excluding hydrogens is 421 g/mol. The summed E-state index contributed by atoms with van der Waals surface area (Å²) in [5, 5.41) is 18.2. The second-order valence-corrected chi connectivity index (χ2v) is 8.23. The van der Waals surface area contributed by atoms with Gasteiger partial charge in [-0.2, -0.15) is 28.7 Å². The fraction of sp³-hybridized carbons (Fsp3) is 0.211. The molecule has 0 aliphatic carbocycles. The maximum atomic E-state index is 13.4. The van der Waals surface area contributed by atoms with Crippen LogP contribution in [0.2, 0.25) is 0 Å². The minimum Gasteiger partial charge on any atom is -0.494 e. The van der Waals surface area contributed by atoms with E-state index in [9.17, 15) is 21.6 Å². The first-order chi connectivity index (χ1) is 13.9. The molecule has 30 heavy (non-hydrogen) atoms. The quantitative estimate of drug-likeness (QED) is 0.522. The molecule has 0 saturated heterocycles. The first-order valence-corrected chi connectivity index (χ1v) is 10.2. The van der Waals surface area contributed by atoms with Gasteiger partial charge in [-0.25, -0.2) is 8.42 Å². The molecule has 0 aliphatic rings. The molecule has 0 unspecified atom stereocenters. The van der Waals surface area contributed by atoms with E-state index in [2.05, 4.69) is 22.0 Å². The number of benzene rings is 1. The second-order valence-electron chi connectivity index (χ2n) is 6.22. The van der Waals surface area contributed by atoms with Crippen molar-refractivity contribution in [1.82, 2.24) is 15.4 Å². The molecule has 0 spiro atoms. The minimum atomic E-state index is -4.71. The van der Waals surface area contributed by atoms with Gasteiger partial charge >= 0.3 is 6.18 Å². The molecule has 0 aliphatic heterocycles. The number of hydrogen-bond donors (Lipinski definition) is 1. The summed E-state index contributed by atoms with van der Waals surface area (Å²) >= 11 is 0. The number of nitrogens with one attached hydrogen (secondary N) is 1. The summed E-state index contributed by atoms with van der Waals surface area (Å²) in [7, 11) is -3.34. The largest absolute Gasteiger partial charge is 0.494 e. The van der Waals surface area contributed by atoms with Crippen molar-refractivity contribution in [2.24, 2.45) is 0 Å². The SMILES string of the molecule is C=C(/C=C(\C=C(/C)OCc1ccc(S(C)(=O)=O)cc1)C(F)(F)F)c1n[nH]nc1C#N. The zero-order valence-corrected chi connectivity index (χ0v) is 16.8. The lowest BCUT2D eigenvalue weighted by atomic mass is 10.1. The summed E-state index contributed by atoms with van der Waals surface area (Å²) in [6.45, 7) is 4.81. The lowest BCUT2D eigenvalue weighted by Gasteiger charge is -2.12. The van der Waals surface area contributed by atoms with E-state index in [1.54, 1.807) is 6.07 Å². The van der Waals surface area contributed by atoms with Gasteiger partial charge in [0.1, 0.15) is 18.4 Å². The predicted octanol–water partition coefficient (Wildman–Crippen LogP) is 3.70. The van der Waals surface area contributed by atoms with E-state index in [-0.39, 0.29) is 34.2 Å². The number of rotatable bonds is 7. The molecule has 0 radical (unpaired) electrons. The van der Waals surface area contributed by atoms with Crippen LogP contribution in [0.25, 0.3) is 5.57 Å². The summed E-state index contributed by atoms with van der Waals surface area (Å²) in [6.07, 6.45) is -2.10. The number of H-pyrrole nitrogens is 1. The molecule has 1 N–H and O–H groups in total. The highest BCUT2D eigenvalue weighted by atomic mass is 32.2. The Morgan fingerprint density at radius 1 is 1.27 bits per heavy atom. The zero-order valence-electron chi connectivity index (χ0n) is 16.0. The minimum absolute atomic E-state index is 0.0285. The van der Waals surface area contributed by atoms with Crippen LogP contribution in [0, 0.1) is 11.3 Å². The molecule has 0 amide bonds. The van der Waals surface area contributed by atoms with Gasteiger partial charge in [0.25, 0.3) is 0 Å². The standard InChI is InChI=1S/C19H17F3N4O3S/c1-12(18-17(10-23)24-26-25-18)8-15(19(20,21)22)9-13(2)29-11-14-4-6-16(7-5-14)30(3,27)28/h4-9H,1,11H2,2-3H3,(H,24,25,26)/b13-9+,15-8+. The first kappa shape index (κ1) is 22.9. The zero-order chi connectivity index (χ0) is 22.5. The highest BCUT2D eigenvalue weighted by molar-refractivity contribution is 7.90. The van der Waals surface area contributed by atoms with Crippen LogP contribution in [0.4, 0.5) is 13.2 Å². The summed E-state index contributed by atoms with van der Waals surface area (Å²) in [6, 6.07) is 7.52. The Morgan fingerprint density at radius 2 is 1.90 bits per heavy atom. The van der Waals surface area contributed by atoms with Crippen molar-refractivity contribution in [1.29, 1.82) is 5.26 Å². The van der Waals surface area contributed by atoms with Crippen LogP contribution in [0.3, 0.4) is 0 Å². The van der Waals surface area contributed by atoms with Gasteiger partial charge in [0, 0.05) is 6.26 Å². The van der Waals surface area contributed by atoms with E-state index >= 15 is 0 Å². The number of ether oxygens (including phenoxy) is 1. The topological polar surface area (TPSA) is 109 Å². The number of halogens is 3. The van der Waals surface area contributed by atoms with Crippen molar-refractivity contribution in [2.45, 2.75) is 24.6 Å². The average molecular weight is 438 g/mol. The number of aromatic nitrogens is 3. The first-order valence-electron chi connectivity index (χ1n) is 8.31. The van der Waals surface area contributed by atoms with E-state index < -0.39 is 21.6 Å². The van der Waals surface area contributed by atoms with Crippen molar-refractivity contribution in [3.05, 3.63) is 71.3 Å². The van der Waals surface area contributed by atoms with Crippen LogP contribution in [-0.4, -0.2) is 36.3 Å². The Bertz CT molecular complexity index is 1140. The van der Waals surface area contributed by atoms with Crippen LogP contribution in [0.15, 0.2) is 59.2 Å². The third-order valence-electron chi connectivity index (χ3n) is 3.79. The van der Waals surface area contributed by atoms with E-state index in [4.69, 9.17) is 10.00 Å². The van der Waals surface area contributed by atoms with Crippen molar-refractivity contribution in [2.75, 3.05) is 6.26 Å². The third kappa shape index (κ3) is 6.05. The van der Waals surface area contributed by atoms with Gasteiger partial charge in [0.2, 0.25) is 0 Å². The molecule has 11 heteroatoms. The van der Waals surface area contributed by atoms with Crippen LogP contribution in [-0.2, 0) is 21.2 Å². The fourth-order valence-corrected chi connectivity index (χ4v) is 2.92. The van der Waals surface area contributed by atoms with Crippen molar-refractivity contribution < 1.29 is 26.3 Å². The van der Waals surface area contributed by atoms with Gasteiger partial charge in [0.15, 0.2) is 15.5 Å². The Hall–Kier alpha value is -3.39. The summed E-state index contributed by atoms with van der Waals surface area (Å²) in [5.41, 5.74) is -0.875. The van der Waals surface area contributed by atoms with Gasteiger partial charge in [0.05, 0.1) is 16.2 Å². The van der Waals surface area contributed by atoms with E-state index in [1.165, 1.54) is 31.2 Å². The molecule has 7 nitrogen and oxygen atoms in total. The monoisotopic (exact) mass is 438 g/mol. The lowest BCUT2D eigenvalue weighted by molar-refractivity contribution is -0.0884. The maximum Gasteiger partial charge on any atom is 0.416 e. The molecule has 0 saturated carbocycles. The molecular formula is C19H17F3N4O3S. The Kier molecular flexibility index (Phi) is 6.84. The summed E-state index contributed by atoms with van der Waals surface area (Å²) < 4.78 is 68.5. The molecule has 2 aromatic rings. The number of aromatic amines is 1. The van der Waals surface area contributed by atoms with Gasteiger partial charge < -0.3 is 4.74 Å². The predicted molar refractivity (Wildman–Crippen MR) is 102 cm³/mol. The molecule has 2 rings (SSSR count). The smallest absolute Gasteiger partial charge is 0.416 e. The number of nitriles is 1. The Balaban J connectivity index is 2.19. The highest BCUT2D eigenvalue weighted by Gasteiger charge is 2.33. The van der Waals surface area contributed by atoms with Gasteiger partial charge in [-0.15, -0.1) is 5.10 Å². The van der Waals surface area contributed by atoms with E-state index in [1.807, 2.05) is 0 Å². The number of hydrogen-bond acceptors (Lipinski definition) is 6. The summed E-state index contributed by atoms with van der Waals surface area (Å²) in [4.78, 5) is 0.129. The molecule has 158 valence electrons. The molecule has 1 heterocycles. The number of alkyl halides is 3. The highest BCUT2D eigenvalue weighted by Crippen LogP contribution is 2.30. The van der Waals surface area contributed by atoms with Gasteiger partial charge in [-0.1, -0.05) is 18.7 Å². The number of allylic oxidation sites excluding steroid dienone is 5. The van der Waals surface area contributed by atoms with Crippen LogP contribution in [0.5, 0.6) is 0 Å². The molecule has 0 atom stereocenters. The average Bonchev–Trinajstić information content (AvgIpc) is 3.13. The number of nitrogens with zero attached hydrogens (tertiary/aromatic N) is 3. The number of sulfone groups is 1. The molecule has 0 fully saturated rings. The van der Waals surface area contributed by atoms with Crippen molar-refractivity contribution >= 4 is 15.4 Å². The maximum absolute atomic E-state index is 13.4. The van der Waals surface area contributed by atoms with Crippen molar-refractivity contribution in [3.63, 3.8) is 0 Å². The van der Waals surface area contributed by atoms with Gasteiger partial charge in [-0.05, 0) is 42.3 Å². The van der Waals surface area contributed by atoms with Gasteiger partial charge in [-0.3, -0.25) is 0 Å². The molecule has 0 bridgehead atoms. The van der Waals surface area contributed by atoms with Crippen LogP contribution < -0.4 is 0 Å². The van der Waals surface area contributed by atoms with Crippen LogP contribution >= 0.6 is 0 Å². The Morgan fingerprint density at radius 3 is 2.43 bits per heavy atom. The lowest BCUT2D eigenvalue weighted by Crippen LogP contribution is -2.11. The molecule has 1 aromatic heterocycles. The normalized spacial score (nSPS) is 13.1. The van der Waals surface area contributed by atoms with E-state index in [0.29, 0.717) is 5.56 Å². The molecule has 1 aromatic carbocycles. The summed E-state index contributed by atoms with van der Waals surface area (Å²) in [5.74, 6) is -0.0285. The van der Waals surface area contributed by atoms with Crippen LogP contribution in [0.1, 0.15) is 23.9 Å². The van der Waals surface area contributed by atoms with Crippen molar-refractivity contribution in [3.8, 4) is 6.07 Å². The third-order valence-corrected chi connectivity index (χ3v) is 4.92. The fourth-order valence-electron chi connectivity index (χ4n) is 2.28.